The van der Waals surface area contributed by atoms with Gasteiger partial charge < -0.3 is 10.2 Å². The Bertz CT molecular complexity index is 619. The van der Waals surface area contributed by atoms with Crippen LogP contribution in [0.1, 0.15) is 91.4 Å². The molecule has 0 spiro atoms. The Morgan fingerprint density at radius 2 is 1.75 bits per heavy atom. The molecule has 156 valence electrons. The Labute approximate surface area is 172 Å². The van der Waals surface area contributed by atoms with Gasteiger partial charge in [0.2, 0.25) is 0 Å². The molecule has 4 fully saturated rings. The Balaban J connectivity index is 1.51. The Morgan fingerprint density at radius 1 is 1.04 bits per heavy atom. The first-order valence-electron chi connectivity index (χ1n) is 11.8. The lowest BCUT2D eigenvalue weighted by atomic mass is 9.42. The molecule has 0 amide bonds. The highest BCUT2D eigenvalue weighted by molar-refractivity contribution is 6.14. The highest BCUT2D eigenvalue weighted by Crippen LogP contribution is 2.68. The van der Waals surface area contributed by atoms with Crippen LogP contribution in [0.3, 0.4) is 0 Å². The largest absolute Gasteiger partial charge is 0.481 e. The number of carboxylic acids is 1. The van der Waals surface area contributed by atoms with Gasteiger partial charge in [0.15, 0.2) is 0 Å². The number of aliphatic hydroxyl groups is 1. The fraction of sp³-hybridized carbons (Fsp3) is 0.958. The van der Waals surface area contributed by atoms with E-state index in [0.717, 1.165) is 43.4 Å². The van der Waals surface area contributed by atoms with Gasteiger partial charge in [-0.3, -0.25) is 4.79 Å². The van der Waals surface area contributed by atoms with E-state index in [1.165, 1.54) is 38.5 Å². The van der Waals surface area contributed by atoms with Crippen LogP contribution in [0.25, 0.3) is 0 Å². The lowest BCUT2D eigenvalue weighted by molar-refractivity contribution is -0.139. The molecule has 0 aromatic carbocycles. The fourth-order valence-electron chi connectivity index (χ4n) is 8.80. The third-order valence-corrected chi connectivity index (χ3v) is 10.3. The first-order valence-corrected chi connectivity index (χ1v) is 11.8. The molecule has 4 rings (SSSR count). The van der Waals surface area contributed by atoms with Crippen LogP contribution in [-0.4, -0.2) is 29.5 Å². The summed E-state index contributed by atoms with van der Waals surface area (Å²) in [7, 11) is 6.13. The van der Waals surface area contributed by atoms with E-state index >= 15 is 0 Å². The maximum Gasteiger partial charge on any atom is 0.303 e. The number of fused-ring (bicyclic) bond motifs is 5. The van der Waals surface area contributed by atoms with Gasteiger partial charge in [-0.2, -0.15) is 0 Å². The normalized spacial score (nSPS) is 51.6. The van der Waals surface area contributed by atoms with Crippen molar-refractivity contribution in [1.29, 1.82) is 0 Å². The van der Waals surface area contributed by atoms with E-state index in [4.69, 9.17) is 13.0 Å². The number of carboxylic acid groups (broad SMARTS) is 1. The molecule has 0 aromatic rings. The second-order valence-corrected chi connectivity index (χ2v) is 11.6. The first-order chi connectivity index (χ1) is 13.1. The van der Waals surface area contributed by atoms with E-state index in [9.17, 15) is 9.90 Å². The zero-order valence-electron chi connectivity index (χ0n) is 18.1. The Hall–Kier alpha value is -0.505. The predicted octanol–water partition coefficient (Wildman–Crippen LogP) is 5.00. The second kappa shape index (κ2) is 7.03. The van der Waals surface area contributed by atoms with Crippen molar-refractivity contribution >= 4 is 13.8 Å². The van der Waals surface area contributed by atoms with E-state index in [1.807, 2.05) is 0 Å². The van der Waals surface area contributed by atoms with Crippen molar-refractivity contribution in [2.45, 2.75) is 96.9 Å². The van der Waals surface area contributed by atoms with E-state index in [2.05, 4.69) is 20.8 Å². The molecule has 4 aliphatic carbocycles. The van der Waals surface area contributed by atoms with E-state index in [1.54, 1.807) is 0 Å². The van der Waals surface area contributed by atoms with Crippen LogP contribution >= 0.6 is 0 Å². The summed E-state index contributed by atoms with van der Waals surface area (Å²) < 4.78 is 0. The number of hydrogen-bond donors (Lipinski definition) is 2. The number of aliphatic carboxylic acids is 1. The maximum absolute atomic E-state index is 11.1. The molecule has 3 nitrogen and oxygen atoms in total. The molecule has 0 bridgehead atoms. The van der Waals surface area contributed by atoms with Crippen molar-refractivity contribution in [1.82, 2.24) is 0 Å². The molecule has 9 atom stereocenters. The Morgan fingerprint density at radius 3 is 2.46 bits per heavy atom. The van der Waals surface area contributed by atoms with E-state index < -0.39 is 11.5 Å². The molecule has 2 N–H and O–H groups in total. The lowest BCUT2D eigenvalue weighted by Crippen LogP contribution is -2.56. The predicted molar refractivity (Wildman–Crippen MR) is 112 cm³/mol. The fourth-order valence-corrected chi connectivity index (χ4v) is 8.80. The molecule has 4 aliphatic rings. The van der Waals surface area contributed by atoms with Gasteiger partial charge in [0.1, 0.15) is 7.85 Å². The molecule has 4 saturated carbocycles. The molecule has 0 heterocycles. The summed E-state index contributed by atoms with van der Waals surface area (Å²) in [5, 5.41) is 19.5. The molecule has 0 unspecified atom stereocenters. The minimum Gasteiger partial charge on any atom is -0.481 e. The van der Waals surface area contributed by atoms with Crippen molar-refractivity contribution < 1.29 is 15.0 Å². The second-order valence-electron chi connectivity index (χ2n) is 11.6. The molecular formula is C24H39BO3. The highest BCUT2D eigenvalue weighted by atomic mass is 16.4. The lowest BCUT2D eigenvalue weighted by Gasteiger charge is -2.62. The standard InChI is InChI=1S/C24H39BO3/c1-15(4-9-21(26)27)18-7-8-19-17-6-5-16-14-24(25,28)13-12-22(16,2)20(17)10-11-23(18,19)3/h15-20,28H,4-14H2,1-3H3,(H,26,27)/t15-,16-,17+,18-,19+,20+,22+,23-,24+/m1/s1. The van der Waals surface area contributed by atoms with E-state index in [0.29, 0.717) is 35.0 Å². The quantitative estimate of drug-likeness (QED) is 0.669. The first kappa shape index (κ1) is 20.8. The molecule has 0 aliphatic heterocycles. The third-order valence-electron chi connectivity index (χ3n) is 10.3. The zero-order chi connectivity index (χ0) is 20.3. The average Bonchev–Trinajstić information content (AvgIpc) is 2.97. The van der Waals surface area contributed by atoms with Gasteiger partial charge in [0.05, 0.1) is 0 Å². The highest BCUT2D eigenvalue weighted by Gasteiger charge is 2.61. The van der Waals surface area contributed by atoms with Gasteiger partial charge in [-0.05, 0) is 111 Å². The smallest absolute Gasteiger partial charge is 0.303 e. The van der Waals surface area contributed by atoms with Crippen molar-refractivity contribution in [2.75, 3.05) is 0 Å². The van der Waals surface area contributed by atoms with Crippen LogP contribution in [0.2, 0.25) is 0 Å². The van der Waals surface area contributed by atoms with Crippen LogP contribution in [-0.2, 0) is 4.79 Å². The number of rotatable bonds is 4. The van der Waals surface area contributed by atoms with E-state index in [-0.39, 0.29) is 0 Å². The summed E-state index contributed by atoms with van der Waals surface area (Å²) in [6.07, 6.45) is 11.5. The summed E-state index contributed by atoms with van der Waals surface area (Å²) >= 11 is 0. The van der Waals surface area contributed by atoms with Crippen LogP contribution in [0, 0.1) is 46.3 Å². The molecule has 0 aromatic heterocycles. The summed E-state index contributed by atoms with van der Waals surface area (Å²) in [5.74, 6) is 3.53. The molecule has 4 heteroatoms. The molecule has 0 saturated heterocycles. The number of hydrogen-bond acceptors (Lipinski definition) is 2. The van der Waals surface area contributed by atoms with Gasteiger partial charge in [0, 0.05) is 11.9 Å². The number of carbonyl (C=O) groups is 1. The van der Waals surface area contributed by atoms with Crippen molar-refractivity contribution in [3.8, 4) is 0 Å². The zero-order valence-corrected chi connectivity index (χ0v) is 18.1. The van der Waals surface area contributed by atoms with Gasteiger partial charge >= 0.3 is 5.97 Å². The van der Waals surface area contributed by atoms with Crippen molar-refractivity contribution in [2.24, 2.45) is 46.3 Å². The van der Waals surface area contributed by atoms with Crippen molar-refractivity contribution in [3.05, 3.63) is 0 Å². The summed E-state index contributed by atoms with van der Waals surface area (Å²) in [4.78, 5) is 11.1. The average molecular weight is 386 g/mol. The summed E-state index contributed by atoms with van der Waals surface area (Å²) in [6.45, 7) is 7.35. The third kappa shape index (κ3) is 3.26. The molecular weight excluding hydrogens is 347 g/mol. The minimum atomic E-state index is -0.946. The minimum absolute atomic E-state index is 0.312. The van der Waals surface area contributed by atoms with Gasteiger partial charge in [-0.15, -0.1) is 0 Å². The van der Waals surface area contributed by atoms with Crippen LogP contribution in [0.15, 0.2) is 0 Å². The topological polar surface area (TPSA) is 57.5 Å². The van der Waals surface area contributed by atoms with Gasteiger partial charge in [0.25, 0.3) is 0 Å². The monoisotopic (exact) mass is 386 g/mol. The van der Waals surface area contributed by atoms with Crippen LogP contribution in [0.4, 0.5) is 0 Å². The van der Waals surface area contributed by atoms with Gasteiger partial charge in [-0.25, -0.2) is 0 Å². The van der Waals surface area contributed by atoms with Crippen LogP contribution < -0.4 is 0 Å². The SMILES string of the molecule is [B][C@]1(O)CC[C@@]2(C)[C@H](CC[C@@H]3[C@@H]2CC[C@]2(C)[C@@H]([C@H](C)CCC(=O)O)CC[C@@H]32)C1. The Kier molecular flexibility index (Phi) is 5.21. The molecule has 2 radical (unpaired) electrons. The maximum atomic E-state index is 11.1. The summed E-state index contributed by atoms with van der Waals surface area (Å²) in [5.41, 5.74) is -0.202. The van der Waals surface area contributed by atoms with Crippen LogP contribution in [0.5, 0.6) is 0 Å². The van der Waals surface area contributed by atoms with Crippen molar-refractivity contribution in [3.63, 3.8) is 0 Å². The van der Waals surface area contributed by atoms with Gasteiger partial charge in [-0.1, -0.05) is 20.8 Å². The molecule has 28 heavy (non-hydrogen) atoms. The summed E-state index contributed by atoms with van der Waals surface area (Å²) in [6, 6.07) is 0.